The molecule has 0 saturated carbocycles. The number of benzene rings is 2. The molecular weight excluding hydrogens is 436 g/mol. The van der Waals surface area contributed by atoms with E-state index in [9.17, 15) is 18.3 Å². The van der Waals surface area contributed by atoms with E-state index >= 15 is 0 Å². The molecule has 0 spiro atoms. The number of nitrogens with one attached hydrogen (secondary N) is 2. The second-order valence-electron chi connectivity index (χ2n) is 6.78. The average Bonchev–Trinajstić information content (AvgIpc) is 3.31. The maximum absolute atomic E-state index is 12.5. The third kappa shape index (κ3) is 5.59. The second-order valence-corrected chi connectivity index (χ2v) is 8.55. The highest BCUT2D eigenvalue weighted by Gasteiger charge is 2.19. The van der Waals surface area contributed by atoms with Gasteiger partial charge in [-0.3, -0.25) is 0 Å². The predicted octanol–water partition coefficient (Wildman–Crippen LogP) is 3.13. The normalized spacial score (nSPS) is 11.2. The molecule has 0 aliphatic heterocycles. The highest BCUT2D eigenvalue weighted by Crippen LogP contribution is 2.28. The van der Waals surface area contributed by atoms with Crippen molar-refractivity contribution in [2.24, 2.45) is 0 Å². The van der Waals surface area contributed by atoms with Crippen molar-refractivity contribution in [3.63, 3.8) is 0 Å². The quantitative estimate of drug-likeness (QED) is 0.398. The summed E-state index contributed by atoms with van der Waals surface area (Å²) in [4.78, 5) is 11.6. The Balaban J connectivity index is 1.70. The van der Waals surface area contributed by atoms with Crippen molar-refractivity contribution in [2.45, 2.75) is 17.9 Å². The van der Waals surface area contributed by atoms with E-state index in [0.717, 1.165) is 11.6 Å². The molecule has 0 radical (unpaired) electrons. The smallest absolute Gasteiger partial charge is 0.337 e. The first-order valence-electron chi connectivity index (χ1n) is 9.68. The summed E-state index contributed by atoms with van der Waals surface area (Å²) in [6.45, 7) is 0.391. The van der Waals surface area contributed by atoms with Crippen molar-refractivity contribution in [2.75, 3.05) is 26.1 Å². The number of carboxylic acid groups (broad SMARTS) is 1. The summed E-state index contributed by atoms with van der Waals surface area (Å²) < 4.78 is 43.1. The van der Waals surface area contributed by atoms with E-state index in [2.05, 4.69) is 10.0 Å². The molecule has 9 nitrogen and oxygen atoms in total. The van der Waals surface area contributed by atoms with Gasteiger partial charge in [0.05, 0.1) is 37.5 Å². The SMILES string of the molecule is COc1ccc(CCNc2ccc(S(=O)(=O)NCc3ccco3)cc2C(=O)O)cc1OC. The average molecular weight is 461 g/mol. The first kappa shape index (κ1) is 23.2. The molecule has 32 heavy (non-hydrogen) atoms. The lowest BCUT2D eigenvalue weighted by atomic mass is 10.1. The Hall–Kier alpha value is -3.50. The van der Waals surface area contributed by atoms with Crippen molar-refractivity contribution < 1.29 is 32.2 Å². The summed E-state index contributed by atoms with van der Waals surface area (Å²) in [6.07, 6.45) is 2.03. The van der Waals surface area contributed by atoms with E-state index in [1.807, 2.05) is 12.1 Å². The van der Waals surface area contributed by atoms with Crippen molar-refractivity contribution in [3.8, 4) is 11.5 Å². The topological polar surface area (TPSA) is 127 Å². The van der Waals surface area contributed by atoms with Gasteiger partial charge in [-0.05, 0) is 54.4 Å². The molecule has 1 heterocycles. The Bertz CT molecular complexity index is 1170. The van der Waals surface area contributed by atoms with Gasteiger partial charge in [0.1, 0.15) is 5.76 Å². The molecule has 3 aromatic rings. The van der Waals surface area contributed by atoms with Crippen LogP contribution >= 0.6 is 0 Å². The molecule has 2 aromatic carbocycles. The second kappa shape index (κ2) is 10.2. The number of aromatic carboxylic acids is 1. The minimum atomic E-state index is -3.91. The Morgan fingerprint density at radius 2 is 1.84 bits per heavy atom. The Morgan fingerprint density at radius 1 is 1.06 bits per heavy atom. The zero-order valence-electron chi connectivity index (χ0n) is 17.6. The van der Waals surface area contributed by atoms with Crippen LogP contribution < -0.4 is 19.5 Å². The Morgan fingerprint density at radius 3 is 2.50 bits per heavy atom. The highest BCUT2D eigenvalue weighted by molar-refractivity contribution is 7.89. The van der Waals surface area contributed by atoms with E-state index in [1.54, 1.807) is 32.4 Å². The molecule has 3 N–H and O–H groups in total. The summed E-state index contributed by atoms with van der Waals surface area (Å²) in [7, 11) is -0.802. The monoisotopic (exact) mass is 460 g/mol. The van der Waals surface area contributed by atoms with Crippen LogP contribution in [0.1, 0.15) is 21.7 Å². The molecular formula is C22H24N2O7S. The zero-order valence-corrected chi connectivity index (χ0v) is 18.4. The van der Waals surface area contributed by atoms with Gasteiger partial charge in [0.2, 0.25) is 10.0 Å². The van der Waals surface area contributed by atoms with Crippen molar-refractivity contribution >= 4 is 21.7 Å². The van der Waals surface area contributed by atoms with Gasteiger partial charge in [-0.25, -0.2) is 17.9 Å². The van der Waals surface area contributed by atoms with Gasteiger partial charge in [-0.15, -0.1) is 0 Å². The van der Waals surface area contributed by atoms with E-state index in [4.69, 9.17) is 13.9 Å². The van der Waals surface area contributed by atoms with Gasteiger partial charge in [-0.1, -0.05) is 6.07 Å². The molecule has 0 fully saturated rings. The zero-order chi connectivity index (χ0) is 23.1. The van der Waals surface area contributed by atoms with Crippen LogP contribution in [-0.2, 0) is 23.0 Å². The number of ether oxygens (including phenoxy) is 2. The number of anilines is 1. The predicted molar refractivity (Wildman–Crippen MR) is 118 cm³/mol. The van der Waals surface area contributed by atoms with Crippen LogP contribution in [0.2, 0.25) is 0 Å². The standard InChI is InChI=1S/C22H24N2O7S/c1-29-20-8-5-15(12-21(20)30-2)9-10-23-19-7-6-17(13-18(19)22(25)26)32(27,28)24-14-16-4-3-11-31-16/h3-8,11-13,23-24H,9-10,14H2,1-2H3,(H,25,26). The number of carboxylic acids is 1. The van der Waals surface area contributed by atoms with Crippen LogP contribution in [0, 0.1) is 0 Å². The Labute approximate surface area is 186 Å². The van der Waals surface area contributed by atoms with Crippen LogP contribution in [0.25, 0.3) is 0 Å². The lowest BCUT2D eigenvalue weighted by Crippen LogP contribution is -2.23. The number of hydrogen-bond acceptors (Lipinski definition) is 7. The van der Waals surface area contributed by atoms with Crippen molar-refractivity contribution in [1.82, 2.24) is 4.72 Å². The van der Waals surface area contributed by atoms with Gasteiger partial charge < -0.3 is 24.3 Å². The van der Waals surface area contributed by atoms with Crippen molar-refractivity contribution in [3.05, 3.63) is 71.7 Å². The van der Waals surface area contributed by atoms with Crippen LogP contribution in [0.5, 0.6) is 11.5 Å². The third-order valence-electron chi connectivity index (χ3n) is 4.73. The van der Waals surface area contributed by atoms with E-state index in [0.29, 0.717) is 35.9 Å². The van der Waals surface area contributed by atoms with Crippen LogP contribution in [0.3, 0.4) is 0 Å². The fourth-order valence-corrected chi connectivity index (χ4v) is 4.08. The summed E-state index contributed by atoms with van der Waals surface area (Å²) in [6, 6.07) is 12.7. The van der Waals surface area contributed by atoms with Gasteiger partial charge in [-0.2, -0.15) is 0 Å². The summed E-state index contributed by atoms with van der Waals surface area (Å²) in [5.41, 5.74) is 1.15. The summed E-state index contributed by atoms with van der Waals surface area (Å²) in [5.74, 6) is 0.435. The van der Waals surface area contributed by atoms with Crippen LogP contribution in [0.4, 0.5) is 5.69 Å². The molecule has 0 unspecified atom stereocenters. The van der Waals surface area contributed by atoms with E-state index in [1.165, 1.54) is 18.4 Å². The minimum absolute atomic E-state index is 0.0386. The number of furan rings is 1. The van der Waals surface area contributed by atoms with Gasteiger partial charge in [0.15, 0.2) is 11.5 Å². The molecule has 10 heteroatoms. The van der Waals surface area contributed by atoms with Gasteiger partial charge >= 0.3 is 5.97 Å². The van der Waals surface area contributed by atoms with Gasteiger partial charge in [0.25, 0.3) is 0 Å². The molecule has 1 aromatic heterocycles. The van der Waals surface area contributed by atoms with Crippen LogP contribution in [-0.4, -0.2) is 40.3 Å². The number of carbonyl (C=O) groups is 1. The number of methoxy groups -OCH3 is 2. The molecule has 0 saturated heterocycles. The fraction of sp³-hybridized carbons (Fsp3) is 0.227. The fourth-order valence-electron chi connectivity index (χ4n) is 3.06. The molecule has 0 bridgehead atoms. The van der Waals surface area contributed by atoms with Crippen LogP contribution in [0.15, 0.2) is 64.1 Å². The summed E-state index contributed by atoms with van der Waals surface area (Å²) >= 11 is 0. The first-order valence-corrected chi connectivity index (χ1v) is 11.2. The molecule has 0 amide bonds. The minimum Gasteiger partial charge on any atom is -0.493 e. The maximum Gasteiger partial charge on any atom is 0.337 e. The van der Waals surface area contributed by atoms with Crippen molar-refractivity contribution in [1.29, 1.82) is 0 Å². The lowest BCUT2D eigenvalue weighted by Gasteiger charge is -2.13. The molecule has 0 aliphatic carbocycles. The highest BCUT2D eigenvalue weighted by atomic mass is 32.2. The largest absolute Gasteiger partial charge is 0.493 e. The van der Waals surface area contributed by atoms with E-state index < -0.39 is 16.0 Å². The van der Waals surface area contributed by atoms with E-state index in [-0.39, 0.29) is 17.0 Å². The third-order valence-corrected chi connectivity index (χ3v) is 6.12. The molecule has 0 aliphatic rings. The number of hydrogen-bond donors (Lipinski definition) is 3. The van der Waals surface area contributed by atoms with Gasteiger partial charge in [0, 0.05) is 12.2 Å². The molecule has 3 rings (SSSR count). The molecule has 170 valence electrons. The molecule has 0 atom stereocenters. The first-order chi connectivity index (χ1) is 15.3. The maximum atomic E-state index is 12.5. The lowest BCUT2D eigenvalue weighted by molar-refractivity contribution is 0.0697. The number of sulfonamides is 1. The summed E-state index contributed by atoms with van der Waals surface area (Å²) in [5, 5.41) is 12.6. The Kier molecular flexibility index (Phi) is 7.39. The number of rotatable bonds is 11.